The number of nitrogens with one attached hydrogen (secondary N) is 1. The molecule has 0 bridgehead atoms. The number of fused-ring (bicyclic) bond motifs is 1. The average molecular weight is 451 g/mol. The second-order valence-corrected chi connectivity index (χ2v) is 7.53. The Morgan fingerprint density at radius 3 is 3.03 bits per heavy atom. The lowest BCUT2D eigenvalue weighted by molar-refractivity contribution is 0.422. The molecular weight excluding hydrogens is 431 g/mol. The van der Waals surface area contributed by atoms with E-state index in [1.165, 1.54) is 24.7 Å². The molecule has 0 aliphatic rings. The van der Waals surface area contributed by atoms with Gasteiger partial charge < -0.3 is 9.88 Å². The molecule has 4 rings (SSSR count). The minimum absolute atomic E-state index is 0.130. The molecule has 4 heterocycles. The maximum absolute atomic E-state index is 14.1. The van der Waals surface area contributed by atoms with E-state index < -0.39 is 5.82 Å². The van der Waals surface area contributed by atoms with Crippen LogP contribution in [0, 0.1) is 17.1 Å². The summed E-state index contributed by atoms with van der Waals surface area (Å²) in [6.07, 6.45) is 10.1. The van der Waals surface area contributed by atoms with E-state index in [2.05, 4.69) is 37.7 Å². The van der Waals surface area contributed by atoms with Crippen molar-refractivity contribution in [3.63, 3.8) is 0 Å². The monoisotopic (exact) mass is 450 g/mol. The predicted molar refractivity (Wildman–Crippen MR) is 120 cm³/mol. The van der Waals surface area contributed by atoms with E-state index in [1.54, 1.807) is 15.8 Å². The second kappa shape index (κ2) is 9.58. The Bertz CT molecular complexity index is 1270. The van der Waals surface area contributed by atoms with Crippen LogP contribution in [-0.4, -0.2) is 36.3 Å². The SMILES string of the molecule is C=CN(CCCC(CC#N)n1cc(-c2ncnc3[nH]ccc23)cn1)c1nc(Cl)ccc1F. The molecule has 0 fully saturated rings. The van der Waals surface area contributed by atoms with Crippen molar-refractivity contribution < 1.29 is 4.39 Å². The van der Waals surface area contributed by atoms with Crippen molar-refractivity contribution in [2.75, 3.05) is 11.4 Å². The number of anilines is 1. The normalized spacial score (nSPS) is 11.9. The molecular formula is C22H20ClFN8. The van der Waals surface area contributed by atoms with Crippen LogP contribution in [0.5, 0.6) is 0 Å². The van der Waals surface area contributed by atoms with Crippen LogP contribution in [0.25, 0.3) is 22.3 Å². The molecule has 0 aromatic carbocycles. The lowest BCUT2D eigenvalue weighted by Crippen LogP contribution is -2.21. The van der Waals surface area contributed by atoms with Gasteiger partial charge in [-0.25, -0.2) is 19.3 Å². The predicted octanol–water partition coefficient (Wildman–Crippen LogP) is 4.89. The summed E-state index contributed by atoms with van der Waals surface area (Å²) < 4.78 is 15.9. The molecule has 0 saturated heterocycles. The Morgan fingerprint density at radius 2 is 2.22 bits per heavy atom. The van der Waals surface area contributed by atoms with Crippen molar-refractivity contribution in [3.05, 3.63) is 66.9 Å². The van der Waals surface area contributed by atoms with E-state index >= 15 is 0 Å². The number of hydrogen-bond donors (Lipinski definition) is 1. The van der Waals surface area contributed by atoms with Crippen LogP contribution in [-0.2, 0) is 0 Å². The number of hydrogen-bond acceptors (Lipinski definition) is 6. The highest BCUT2D eigenvalue weighted by atomic mass is 35.5. The number of aromatic nitrogens is 6. The summed E-state index contributed by atoms with van der Waals surface area (Å²) in [4.78, 5) is 17.3. The fourth-order valence-corrected chi connectivity index (χ4v) is 3.73. The molecule has 4 aromatic rings. The third kappa shape index (κ3) is 4.45. The summed E-state index contributed by atoms with van der Waals surface area (Å²) in [7, 11) is 0. The van der Waals surface area contributed by atoms with Gasteiger partial charge in [-0.1, -0.05) is 18.2 Å². The summed E-state index contributed by atoms with van der Waals surface area (Å²) in [5.74, 6) is -0.342. The molecule has 8 nitrogen and oxygen atoms in total. The van der Waals surface area contributed by atoms with Crippen LogP contribution in [0.15, 0.2) is 55.9 Å². The maximum Gasteiger partial charge on any atom is 0.170 e. The van der Waals surface area contributed by atoms with Gasteiger partial charge in [0.05, 0.1) is 30.4 Å². The van der Waals surface area contributed by atoms with Crippen molar-refractivity contribution in [3.8, 4) is 17.3 Å². The number of pyridine rings is 1. The summed E-state index contributed by atoms with van der Waals surface area (Å²) in [6, 6.07) is 6.69. The zero-order chi connectivity index (χ0) is 22.5. The van der Waals surface area contributed by atoms with E-state index in [1.807, 2.05) is 18.5 Å². The first-order chi connectivity index (χ1) is 15.6. The lowest BCUT2D eigenvalue weighted by atomic mass is 10.1. The molecule has 0 spiro atoms. The molecule has 4 aromatic heterocycles. The summed E-state index contributed by atoms with van der Waals surface area (Å²) in [5, 5.41) is 14.9. The van der Waals surface area contributed by atoms with Gasteiger partial charge in [-0.15, -0.1) is 0 Å². The molecule has 162 valence electrons. The van der Waals surface area contributed by atoms with Gasteiger partial charge in [0.1, 0.15) is 17.1 Å². The fraction of sp³-hybridized carbons (Fsp3) is 0.227. The number of nitriles is 1. The highest BCUT2D eigenvalue weighted by Crippen LogP contribution is 2.27. The Kier molecular flexibility index (Phi) is 6.42. The van der Waals surface area contributed by atoms with E-state index in [0.717, 1.165) is 22.3 Å². The molecule has 10 heteroatoms. The lowest BCUT2D eigenvalue weighted by Gasteiger charge is -2.21. The van der Waals surface area contributed by atoms with Gasteiger partial charge in [-0.3, -0.25) is 4.68 Å². The summed E-state index contributed by atoms with van der Waals surface area (Å²) >= 11 is 5.91. The standard InChI is InChI=1S/C22H20ClFN8/c1-2-31(22-18(24)5-6-19(23)30-22)11-3-4-16(7-9-25)32-13-15(12-29-32)20-17-8-10-26-21(17)28-14-27-20/h2,5-6,8,10,12-14,16H,1,3-4,7,11H2,(H,26,27,28). The van der Waals surface area contributed by atoms with Gasteiger partial charge in [0.2, 0.25) is 0 Å². The van der Waals surface area contributed by atoms with E-state index in [-0.39, 0.29) is 17.0 Å². The fourth-order valence-electron chi connectivity index (χ4n) is 3.59. The van der Waals surface area contributed by atoms with Gasteiger partial charge in [-0.05, 0) is 37.2 Å². The van der Waals surface area contributed by atoms with Gasteiger partial charge in [0.25, 0.3) is 0 Å². The van der Waals surface area contributed by atoms with Crippen LogP contribution in [0.4, 0.5) is 10.2 Å². The molecule has 1 unspecified atom stereocenters. The third-order valence-electron chi connectivity index (χ3n) is 5.15. The Balaban J connectivity index is 1.48. The quantitative estimate of drug-likeness (QED) is 0.364. The Labute approximate surface area is 189 Å². The van der Waals surface area contributed by atoms with Crippen LogP contribution in [0.2, 0.25) is 5.15 Å². The number of H-pyrrole nitrogens is 1. The zero-order valence-electron chi connectivity index (χ0n) is 17.1. The van der Waals surface area contributed by atoms with Crippen molar-refractivity contribution in [2.24, 2.45) is 0 Å². The largest absolute Gasteiger partial charge is 0.346 e. The van der Waals surface area contributed by atoms with Crippen LogP contribution < -0.4 is 4.90 Å². The van der Waals surface area contributed by atoms with E-state index in [0.29, 0.717) is 25.8 Å². The van der Waals surface area contributed by atoms with Gasteiger partial charge in [0, 0.05) is 29.9 Å². The summed E-state index contributed by atoms with van der Waals surface area (Å²) in [5.41, 5.74) is 2.37. The molecule has 0 aliphatic carbocycles. The molecule has 0 saturated carbocycles. The average Bonchev–Trinajstić information content (AvgIpc) is 3.47. The summed E-state index contributed by atoms with van der Waals surface area (Å²) in [6.45, 7) is 4.22. The van der Waals surface area contributed by atoms with Gasteiger partial charge in [-0.2, -0.15) is 10.4 Å². The van der Waals surface area contributed by atoms with Crippen molar-refractivity contribution in [1.82, 2.24) is 29.7 Å². The van der Waals surface area contributed by atoms with Crippen molar-refractivity contribution in [1.29, 1.82) is 5.26 Å². The van der Waals surface area contributed by atoms with Crippen molar-refractivity contribution >= 4 is 28.5 Å². The highest BCUT2D eigenvalue weighted by Gasteiger charge is 2.17. The third-order valence-corrected chi connectivity index (χ3v) is 5.36. The smallest absolute Gasteiger partial charge is 0.170 e. The maximum atomic E-state index is 14.1. The zero-order valence-corrected chi connectivity index (χ0v) is 17.9. The second-order valence-electron chi connectivity index (χ2n) is 7.14. The number of halogens is 2. The Morgan fingerprint density at radius 1 is 1.34 bits per heavy atom. The first kappa shape index (κ1) is 21.5. The number of aromatic amines is 1. The molecule has 0 amide bonds. The molecule has 32 heavy (non-hydrogen) atoms. The first-order valence-electron chi connectivity index (χ1n) is 10.0. The van der Waals surface area contributed by atoms with Crippen LogP contribution in [0.1, 0.15) is 25.3 Å². The Hall–Kier alpha value is -3.77. The molecule has 0 aliphatic heterocycles. The van der Waals surface area contributed by atoms with Crippen molar-refractivity contribution in [2.45, 2.75) is 25.3 Å². The van der Waals surface area contributed by atoms with Gasteiger partial charge >= 0.3 is 0 Å². The molecule has 0 radical (unpaired) electrons. The van der Waals surface area contributed by atoms with Gasteiger partial charge in [0.15, 0.2) is 11.6 Å². The highest BCUT2D eigenvalue weighted by molar-refractivity contribution is 6.29. The molecule has 1 atom stereocenters. The first-order valence-corrected chi connectivity index (χ1v) is 10.4. The number of nitrogens with zero attached hydrogens (tertiary/aromatic N) is 7. The topological polar surface area (TPSA) is 99.3 Å². The van der Waals surface area contributed by atoms with E-state index in [4.69, 9.17) is 11.6 Å². The minimum atomic E-state index is -0.472. The minimum Gasteiger partial charge on any atom is -0.346 e. The van der Waals surface area contributed by atoms with Crippen LogP contribution >= 0.6 is 11.6 Å². The number of rotatable bonds is 9. The van der Waals surface area contributed by atoms with E-state index in [9.17, 15) is 9.65 Å². The van der Waals surface area contributed by atoms with Crippen LogP contribution in [0.3, 0.4) is 0 Å². The molecule has 1 N–H and O–H groups in total.